The number of ether oxygens (including phenoxy) is 1. The van der Waals surface area contributed by atoms with Gasteiger partial charge in [0.05, 0.1) is 12.6 Å². The second kappa shape index (κ2) is 4.91. The molecule has 0 radical (unpaired) electrons. The molecule has 1 aromatic rings. The average molecular weight is 249 g/mol. The number of aromatic amines is 1. The van der Waals surface area contributed by atoms with E-state index in [4.69, 9.17) is 10.3 Å². The van der Waals surface area contributed by atoms with Gasteiger partial charge in [0, 0.05) is 16.7 Å². The Hall–Kier alpha value is -2.31. The Morgan fingerprint density at radius 3 is 3.06 bits per heavy atom. The van der Waals surface area contributed by atoms with Gasteiger partial charge < -0.3 is 4.74 Å². The van der Waals surface area contributed by atoms with Gasteiger partial charge in [-0.25, -0.2) is 4.79 Å². The number of hydrogen-bond acceptors (Lipinski definition) is 4. The van der Waals surface area contributed by atoms with E-state index >= 15 is 0 Å². The van der Waals surface area contributed by atoms with Crippen LogP contribution in [0.1, 0.15) is 11.8 Å². The number of nitrogens with one attached hydrogen (secondary N) is 1. The molecule has 2 rings (SSSR count). The van der Waals surface area contributed by atoms with Gasteiger partial charge in [-0.3, -0.25) is 14.3 Å². The number of azide groups is 1. The van der Waals surface area contributed by atoms with E-state index in [1.54, 1.807) is 19.1 Å². The van der Waals surface area contributed by atoms with Crippen LogP contribution in [0.4, 0.5) is 0 Å². The molecule has 0 saturated heterocycles. The molecule has 2 atom stereocenters. The molecule has 0 unspecified atom stereocenters. The van der Waals surface area contributed by atoms with Crippen molar-refractivity contribution < 1.29 is 4.74 Å². The summed E-state index contributed by atoms with van der Waals surface area (Å²) in [4.78, 5) is 27.7. The van der Waals surface area contributed by atoms with Crippen molar-refractivity contribution in [3.05, 3.63) is 55.2 Å². The van der Waals surface area contributed by atoms with Crippen LogP contribution >= 0.6 is 0 Å². The standard InChI is InChI=1S/C10H11N5O3/c1-6-5-15(10(17)13-9(6)16)8-3-2-7(18-8)4-12-14-11/h2-3,5,7-8H,4H2,1H3,(H,13,16,17)/t7-,8-/m0/s1. The van der Waals surface area contributed by atoms with Gasteiger partial charge in [-0.15, -0.1) is 0 Å². The molecular formula is C10H11N5O3. The number of aromatic nitrogens is 2. The molecule has 1 aliphatic rings. The fraction of sp³-hybridized carbons (Fsp3) is 0.400. The highest BCUT2D eigenvalue weighted by atomic mass is 16.5. The third kappa shape index (κ3) is 2.34. The minimum Gasteiger partial charge on any atom is -0.347 e. The van der Waals surface area contributed by atoms with E-state index in [2.05, 4.69) is 15.0 Å². The highest BCUT2D eigenvalue weighted by molar-refractivity contribution is 5.06. The molecule has 0 spiro atoms. The van der Waals surface area contributed by atoms with Crippen molar-refractivity contribution in [3.8, 4) is 0 Å². The van der Waals surface area contributed by atoms with Crippen molar-refractivity contribution in [1.29, 1.82) is 0 Å². The van der Waals surface area contributed by atoms with Gasteiger partial charge in [0.1, 0.15) is 0 Å². The number of aryl methyl sites for hydroxylation is 1. The van der Waals surface area contributed by atoms with E-state index < -0.39 is 17.5 Å². The minimum atomic E-state index is -0.591. The number of hydrogen-bond donors (Lipinski definition) is 1. The summed E-state index contributed by atoms with van der Waals surface area (Å²) in [5, 5.41) is 3.40. The first-order valence-electron chi connectivity index (χ1n) is 5.28. The van der Waals surface area contributed by atoms with E-state index in [0.29, 0.717) is 5.56 Å². The molecule has 1 N–H and O–H groups in total. The lowest BCUT2D eigenvalue weighted by atomic mass is 10.3. The highest BCUT2D eigenvalue weighted by Gasteiger charge is 2.21. The quantitative estimate of drug-likeness (QED) is 0.366. The lowest BCUT2D eigenvalue weighted by Gasteiger charge is -2.15. The molecular weight excluding hydrogens is 238 g/mol. The molecule has 0 aliphatic carbocycles. The van der Waals surface area contributed by atoms with E-state index in [1.807, 2.05) is 0 Å². The van der Waals surface area contributed by atoms with Gasteiger partial charge in [-0.05, 0) is 18.5 Å². The predicted octanol–water partition coefficient (Wildman–Crippen LogP) is 0.609. The van der Waals surface area contributed by atoms with Crippen molar-refractivity contribution in [3.63, 3.8) is 0 Å². The summed E-state index contributed by atoms with van der Waals surface area (Å²) in [7, 11) is 0. The molecule has 8 nitrogen and oxygen atoms in total. The zero-order valence-electron chi connectivity index (χ0n) is 9.61. The van der Waals surface area contributed by atoms with Crippen LogP contribution in [-0.2, 0) is 4.74 Å². The summed E-state index contributed by atoms with van der Waals surface area (Å²) in [5.74, 6) is 0. The number of rotatable bonds is 3. The summed E-state index contributed by atoms with van der Waals surface area (Å²) in [6, 6.07) is 0. The molecule has 18 heavy (non-hydrogen) atoms. The maximum Gasteiger partial charge on any atom is 0.330 e. The summed E-state index contributed by atoms with van der Waals surface area (Å²) in [5.41, 5.74) is 7.68. The highest BCUT2D eigenvalue weighted by Crippen LogP contribution is 2.19. The van der Waals surface area contributed by atoms with Crippen molar-refractivity contribution in [1.82, 2.24) is 9.55 Å². The summed E-state index contributed by atoms with van der Waals surface area (Å²) >= 11 is 0. The maximum absolute atomic E-state index is 11.6. The van der Waals surface area contributed by atoms with Gasteiger partial charge >= 0.3 is 5.69 Å². The molecule has 94 valence electrons. The molecule has 1 aliphatic heterocycles. The molecule has 8 heteroatoms. The van der Waals surface area contributed by atoms with Crippen LogP contribution < -0.4 is 11.2 Å². The summed E-state index contributed by atoms with van der Waals surface area (Å²) in [6.45, 7) is 1.77. The van der Waals surface area contributed by atoms with Gasteiger partial charge in [-0.1, -0.05) is 11.2 Å². The Morgan fingerprint density at radius 1 is 1.56 bits per heavy atom. The maximum atomic E-state index is 11.6. The fourth-order valence-electron chi connectivity index (χ4n) is 1.64. The third-order valence-corrected chi connectivity index (χ3v) is 2.55. The first kappa shape index (κ1) is 12.2. The monoisotopic (exact) mass is 249 g/mol. The largest absolute Gasteiger partial charge is 0.347 e. The Kier molecular flexibility index (Phi) is 3.31. The molecule has 0 bridgehead atoms. The molecule has 0 aromatic carbocycles. The molecule has 0 amide bonds. The van der Waals surface area contributed by atoms with E-state index in [-0.39, 0.29) is 12.6 Å². The molecule has 0 saturated carbocycles. The average Bonchev–Trinajstić information content (AvgIpc) is 2.79. The first-order valence-corrected chi connectivity index (χ1v) is 5.28. The van der Waals surface area contributed by atoms with E-state index in [9.17, 15) is 9.59 Å². The normalized spacial score (nSPS) is 21.8. The summed E-state index contributed by atoms with van der Waals surface area (Å²) < 4.78 is 6.77. The zero-order valence-corrected chi connectivity index (χ0v) is 9.61. The zero-order chi connectivity index (χ0) is 13.1. The fourth-order valence-corrected chi connectivity index (χ4v) is 1.64. The van der Waals surface area contributed by atoms with Gasteiger partial charge in [0.25, 0.3) is 5.56 Å². The number of H-pyrrole nitrogens is 1. The Balaban J connectivity index is 2.23. The van der Waals surface area contributed by atoms with E-state index in [1.165, 1.54) is 10.8 Å². The Morgan fingerprint density at radius 2 is 2.33 bits per heavy atom. The second-order valence-corrected chi connectivity index (χ2v) is 3.84. The van der Waals surface area contributed by atoms with Crippen LogP contribution in [0.3, 0.4) is 0 Å². The SMILES string of the molecule is Cc1cn([C@@H]2C=C[C@@H](CN=[N+]=[N-])O2)c(=O)[nH]c1=O. The van der Waals surface area contributed by atoms with E-state index in [0.717, 1.165) is 0 Å². The van der Waals surface area contributed by atoms with Crippen molar-refractivity contribution >= 4 is 0 Å². The van der Waals surface area contributed by atoms with Crippen molar-refractivity contribution in [2.45, 2.75) is 19.3 Å². The van der Waals surface area contributed by atoms with Gasteiger partial charge in [0.2, 0.25) is 0 Å². The Bertz CT molecular complexity index is 638. The van der Waals surface area contributed by atoms with Crippen molar-refractivity contribution in [2.24, 2.45) is 5.11 Å². The van der Waals surface area contributed by atoms with Crippen LogP contribution in [0.15, 0.2) is 33.1 Å². The van der Waals surface area contributed by atoms with Crippen LogP contribution in [0, 0.1) is 6.92 Å². The van der Waals surface area contributed by atoms with Crippen LogP contribution in [0.5, 0.6) is 0 Å². The van der Waals surface area contributed by atoms with Crippen LogP contribution in [0.2, 0.25) is 0 Å². The smallest absolute Gasteiger partial charge is 0.330 e. The lowest BCUT2D eigenvalue weighted by molar-refractivity contribution is 0.0198. The van der Waals surface area contributed by atoms with Crippen molar-refractivity contribution in [2.75, 3.05) is 6.54 Å². The van der Waals surface area contributed by atoms with Gasteiger partial charge in [-0.2, -0.15) is 0 Å². The summed E-state index contributed by atoms with van der Waals surface area (Å²) in [6.07, 6.45) is 3.88. The molecule has 0 fully saturated rings. The first-order chi connectivity index (χ1) is 8.61. The second-order valence-electron chi connectivity index (χ2n) is 3.84. The molecule has 2 heterocycles. The lowest BCUT2D eigenvalue weighted by Crippen LogP contribution is -2.33. The predicted molar refractivity (Wildman–Crippen MR) is 63.1 cm³/mol. The molecule has 1 aromatic heterocycles. The topological polar surface area (TPSA) is 113 Å². The number of nitrogens with zero attached hydrogens (tertiary/aromatic N) is 4. The Labute approximate surface area is 101 Å². The van der Waals surface area contributed by atoms with Gasteiger partial charge in [0.15, 0.2) is 6.23 Å². The van der Waals surface area contributed by atoms with Crippen LogP contribution in [0.25, 0.3) is 10.4 Å². The third-order valence-electron chi connectivity index (χ3n) is 2.55. The minimum absolute atomic E-state index is 0.167. The van der Waals surface area contributed by atoms with Crippen LogP contribution in [-0.4, -0.2) is 22.2 Å².